The third-order valence-corrected chi connectivity index (χ3v) is 1.78. The van der Waals surface area contributed by atoms with E-state index in [1.165, 1.54) is 0 Å². The summed E-state index contributed by atoms with van der Waals surface area (Å²) >= 11 is 0. The number of likely N-dealkylation sites (tertiary alicyclic amines) is 1. The first-order valence-electron chi connectivity index (χ1n) is 3.01. The summed E-state index contributed by atoms with van der Waals surface area (Å²) in [6.45, 7) is 3.17. The molecule has 0 aliphatic carbocycles. The molecule has 0 spiro atoms. The second kappa shape index (κ2) is 1.77. The standard InChI is InChI=1S/C6H12N2/c1-5-3-4-8(2)6(5)7/h5,7H,3-4H2,1-2H3. The van der Waals surface area contributed by atoms with Crippen LogP contribution in [0.15, 0.2) is 0 Å². The Kier molecular flexibility index (Phi) is 1.24. The fourth-order valence-corrected chi connectivity index (χ4v) is 1.02. The van der Waals surface area contributed by atoms with Crippen LogP contribution in [0.25, 0.3) is 0 Å². The molecule has 8 heavy (non-hydrogen) atoms. The van der Waals surface area contributed by atoms with Gasteiger partial charge in [-0.2, -0.15) is 0 Å². The van der Waals surface area contributed by atoms with Crippen molar-refractivity contribution in [2.24, 2.45) is 5.92 Å². The Morgan fingerprint density at radius 1 is 1.75 bits per heavy atom. The number of hydrogen-bond acceptors (Lipinski definition) is 1. The first-order chi connectivity index (χ1) is 3.72. The molecule has 1 saturated heterocycles. The number of nitrogens with one attached hydrogen (secondary N) is 1. The number of amidine groups is 1. The molecule has 1 heterocycles. The third-order valence-electron chi connectivity index (χ3n) is 1.78. The van der Waals surface area contributed by atoms with Gasteiger partial charge in [-0.15, -0.1) is 0 Å². The van der Waals surface area contributed by atoms with E-state index in [0.29, 0.717) is 5.92 Å². The predicted molar refractivity (Wildman–Crippen MR) is 34.1 cm³/mol. The van der Waals surface area contributed by atoms with Crippen molar-refractivity contribution in [3.8, 4) is 0 Å². The topological polar surface area (TPSA) is 27.1 Å². The van der Waals surface area contributed by atoms with Crippen LogP contribution in [0.2, 0.25) is 0 Å². The van der Waals surface area contributed by atoms with E-state index < -0.39 is 0 Å². The van der Waals surface area contributed by atoms with Gasteiger partial charge >= 0.3 is 0 Å². The molecule has 0 aromatic rings. The van der Waals surface area contributed by atoms with E-state index in [-0.39, 0.29) is 0 Å². The molecular weight excluding hydrogens is 100 g/mol. The molecular formula is C6H12N2. The summed E-state index contributed by atoms with van der Waals surface area (Å²) in [4.78, 5) is 2.00. The van der Waals surface area contributed by atoms with Gasteiger partial charge in [0, 0.05) is 19.5 Å². The number of rotatable bonds is 0. The van der Waals surface area contributed by atoms with Crippen molar-refractivity contribution in [3.63, 3.8) is 0 Å². The van der Waals surface area contributed by atoms with E-state index in [4.69, 9.17) is 5.41 Å². The Bertz CT molecular complexity index is 97.1. The molecule has 1 N–H and O–H groups in total. The molecule has 0 aromatic carbocycles. The molecule has 0 amide bonds. The van der Waals surface area contributed by atoms with Crippen molar-refractivity contribution in [3.05, 3.63) is 0 Å². The average Bonchev–Trinajstić information content (AvgIpc) is 1.98. The van der Waals surface area contributed by atoms with Crippen LogP contribution in [0.1, 0.15) is 13.3 Å². The molecule has 1 fully saturated rings. The van der Waals surface area contributed by atoms with Crippen LogP contribution < -0.4 is 0 Å². The van der Waals surface area contributed by atoms with Crippen molar-refractivity contribution in [2.45, 2.75) is 13.3 Å². The van der Waals surface area contributed by atoms with Gasteiger partial charge in [-0.3, -0.25) is 5.41 Å². The third kappa shape index (κ3) is 0.703. The largest absolute Gasteiger partial charge is 0.363 e. The minimum atomic E-state index is 0.500. The Balaban J connectivity index is 2.57. The Morgan fingerprint density at radius 3 is 2.50 bits per heavy atom. The maximum atomic E-state index is 7.39. The summed E-state index contributed by atoms with van der Waals surface area (Å²) < 4.78 is 0. The highest BCUT2D eigenvalue weighted by atomic mass is 15.2. The van der Waals surface area contributed by atoms with Gasteiger partial charge in [0.15, 0.2) is 0 Å². The maximum absolute atomic E-state index is 7.39. The summed E-state index contributed by atoms with van der Waals surface area (Å²) in [5, 5.41) is 7.39. The average molecular weight is 112 g/mol. The molecule has 2 heteroatoms. The minimum absolute atomic E-state index is 0.500. The van der Waals surface area contributed by atoms with Crippen molar-refractivity contribution in [1.29, 1.82) is 5.41 Å². The highest BCUT2D eigenvalue weighted by Crippen LogP contribution is 2.14. The lowest BCUT2D eigenvalue weighted by molar-refractivity contribution is 0.545. The van der Waals surface area contributed by atoms with Crippen LogP contribution in [0.5, 0.6) is 0 Å². The SMILES string of the molecule is CC1CCN(C)C1=N. The summed E-state index contributed by atoms with van der Waals surface area (Å²) in [7, 11) is 1.98. The zero-order valence-electron chi connectivity index (χ0n) is 5.44. The van der Waals surface area contributed by atoms with E-state index >= 15 is 0 Å². The Labute approximate surface area is 50.0 Å². The summed E-state index contributed by atoms with van der Waals surface area (Å²) in [5.74, 6) is 1.30. The molecule has 2 nitrogen and oxygen atoms in total. The molecule has 0 aromatic heterocycles. The Morgan fingerprint density at radius 2 is 2.38 bits per heavy atom. The quantitative estimate of drug-likeness (QED) is 0.496. The summed E-state index contributed by atoms with van der Waals surface area (Å²) in [6.07, 6.45) is 1.16. The van der Waals surface area contributed by atoms with Crippen LogP contribution in [0, 0.1) is 11.3 Å². The fourth-order valence-electron chi connectivity index (χ4n) is 1.02. The van der Waals surface area contributed by atoms with Crippen LogP contribution in [0.4, 0.5) is 0 Å². The molecule has 0 radical (unpaired) electrons. The van der Waals surface area contributed by atoms with E-state index in [1.807, 2.05) is 11.9 Å². The highest BCUT2D eigenvalue weighted by Gasteiger charge is 2.20. The maximum Gasteiger partial charge on any atom is 0.0984 e. The summed E-state index contributed by atoms with van der Waals surface area (Å²) in [5.41, 5.74) is 0. The van der Waals surface area contributed by atoms with E-state index in [1.54, 1.807) is 0 Å². The molecule has 0 saturated carbocycles. The molecule has 1 aliphatic rings. The zero-order valence-corrected chi connectivity index (χ0v) is 5.44. The van der Waals surface area contributed by atoms with Gasteiger partial charge in [0.25, 0.3) is 0 Å². The lowest BCUT2D eigenvalue weighted by atomic mass is 10.1. The zero-order chi connectivity index (χ0) is 6.15. The molecule has 1 aliphatic heterocycles. The fraction of sp³-hybridized carbons (Fsp3) is 0.833. The van der Waals surface area contributed by atoms with Crippen LogP contribution in [0.3, 0.4) is 0 Å². The first kappa shape index (κ1) is 5.60. The smallest absolute Gasteiger partial charge is 0.0984 e. The molecule has 1 rings (SSSR count). The van der Waals surface area contributed by atoms with Crippen molar-refractivity contribution >= 4 is 5.84 Å². The van der Waals surface area contributed by atoms with Gasteiger partial charge in [-0.1, -0.05) is 6.92 Å². The van der Waals surface area contributed by atoms with Gasteiger partial charge in [0.2, 0.25) is 0 Å². The molecule has 46 valence electrons. The molecule has 1 unspecified atom stereocenters. The van der Waals surface area contributed by atoms with Crippen molar-refractivity contribution in [2.75, 3.05) is 13.6 Å². The highest BCUT2D eigenvalue weighted by molar-refractivity contribution is 5.82. The monoisotopic (exact) mass is 112 g/mol. The second-order valence-corrected chi connectivity index (χ2v) is 2.50. The summed E-state index contributed by atoms with van der Waals surface area (Å²) in [6, 6.07) is 0. The first-order valence-corrected chi connectivity index (χ1v) is 3.01. The lowest BCUT2D eigenvalue weighted by Gasteiger charge is -2.09. The Hall–Kier alpha value is -0.530. The van der Waals surface area contributed by atoms with E-state index in [0.717, 1.165) is 18.8 Å². The van der Waals surface area contributed by atoms with E-state index in [2.05, 4.69) is 6.92 Å². The molecule has 1 atom stereocenters. The molecule has 0 bridgehead atoms. The van der Waals surface area contributed by atoms with Gasteiger partial charge in [0.05, 0.1) is 5.84 Å². The van der Waals surface area contributed by atoms with Gasteiger partial charge < -0.3 is 4.90 Å². The number of nitrogens with zero attached hydrogens (tertiary/aromatic N) is 1. The minimum Gasteiger partial charge on any atom is -0.363 e. The number of hydrogen-bond donors (Lipinski definition) is 1. The van der Waals surface area contributed by atoms with Gasteiger partial charge in [0.1, 0.15) is 0 Å². The predicted octanol–water partition coefficient (Wildman–Crippen LogP) is 0.935. The van der Waals surface area contributed by atoms with Gasteiger partial charge in [-0.05, 0) is 6.42 Å². The second-order valence-electron chi connectivity index (χ2n) is 2.50. The van der Waals surface area contributed by atoms with Gasteiger partial charge in [-0.25, -0.2) is 0 Å². The van der Waals surface area contributed by atoms with Crippen molar-refractivity contribution in [1.82, 2.24) is 4.90 Å². The van der Waals surface area contributed by atoms with Crippen molar-refractivity contribution < 1.29 is 0 Å². The normalized spacial score (nSPS) is 29.5. The van der Waals surface area contributed by atoms with E-state index in [9.17, 15) is 0 Å². The van der Waals surface area contributed by atoms with Crippen LogP contribution in [-0.4, -0.2) is 24.3 Å². The lowest BCUT2D eigenvalue weighted by Crippen LogP contribution is -2.20. The van der Waals surface area contributed by atoms with Crippen LogP contribution >= 0.6 is 0 Å². The van der Waals surface area contributed by atoms with Crippen LogP contribution in [-0.2, 0) is 0 Å².